The summed E-state index contributed by atoms with van der Waals surface area (Å²) in [5.41, 5.74) is 6.10. The lowest BCUT2D eigenvalue weighted by Crippen LogP contribution is -1.91. The standard InChI is InChI=1S/C19H19FO/c1-13-6-8-14(9-7-13)16-4-3-5-17(16)15-10-11-19(21-2)18(20)12-15/h6-12H,3-5H2,1-2H3. The van der Waals surface area contributed by atoms with Crippen molar-refractivity contribution in [2.75, 3.05) is 7.11 Å². The van der Waals surface area contributed by atoms with Crippen molar-refractivity contribution in [3.8, 4) is 5.75 Å². The molecule has 0 N–H and O–H groups in total. The van der Waals surface area contributed by atoms with Crippen LogP contribution in [0.1, 0.15) is 36.0 Å². The van der Waals surface area contributed by atoms with Crippen molar-refractivity contribution in [3.05, 3.63) is 65.0 Å². The van der Waals surface area contributed by atoms with E-state index < -0.39 is 0 Å². The summed E-state index contributed by atoms with van der Waals surface area (Å²) < 4.78 is 18.9. The molecular weight excluding hydrogens is 263 g/mol. The molecule has 2 aromatic carbocycles. The van der Waals surface area contributed by atoms with E-state index in [-0.39, 0.29) is 5.82 Å². The van der Waals surface area contributed by atoms with Gasteiger partial charge in [0.05, 0.1) is 7.11 Å². The number of methoxy groups -OCH3 is 1. The van der Waals surface area contributed by atoms with E-state index in [9.17, 15) is 4.39 Å². The summed E-state index contributed by atoms with van der Waals surface area (Å²) in [5.74, 6) is 0.00638. The van der Waals surface area contributed by atoms with Crippen LogP contribution >= 0.6 is 0 Å². The zero-order valence-electron chi connectivity index (χ0n) is 12.4. The molecule has 1 aliphatic rings. The van der Waals surface area contributed by atoms with E-state index in [0.717, 1.165) is 24.8 Å². The Morgan fingerprint density at radius 3 is 2.14 bits per heavy atom. The largest absolute Gasteiger partial charge is 0.494 e. The van der Waals surface area contributed by atoms with E-state index in [0.29, 0.717) is 5.75 Å². The maximum Gasteiger partial charge on any atom is 0.165 e. The Kier molecular flexibility index (Phi) is 3.78. The smallest absolute Gasteiger partial charge is 0.165 e. The fourth-order valence-corrected chi connectivity index (χ4v) is 2.99. The second-order valence-electron chi connectivity index (χ2n) is 5.53. The van der Waals surface area contributed by atoms with Crippen molar-refractivity contribution in [3.63, 3.8) is 0 Å². The summed E-state index contributed by atoms with van der Waals surface area (Å²) in [6, 6.07) is 13.8. The lowest BCUT2D eigenvalue weighted by atomic mass is 9.96. The molecule has 1 aliphatic carbocycles. The van der Waals surface area contributed by atoms with Gasteiger partial charge < -0.3 is 4.74 Å². The Balaban J connectivity index is 2.04. The van der Waals surface area contributed by atoms with Crippen LogP contribution in [0.4, 0.5) is 4.39 Å². The highest BCUT2D eigenvalue weighted by molar-refractivity contribution is 5.93. The average molecular weight is 282 g/mol. The summed E-state index contributed by atoms with van der Waals surface area (Å²) in [6.45, 7) is 2.09. The number of allylic oxidation sites excluding steroid dienone is 2. The molecule has 0 aliphatic heterocycles. The van der Waals surface area contributed by atoms with Crippen molar-refractivity contribution >= 4 is 11.1 Å². The van der Waals surface area contributed by atoms with E-state index in [4.69, 9.17) is 4.74 Å². The molecule has 21 heavy (non-hydrogen) atoms. The van der Waals surface area contributed by atoms with Gasteiger partial charge in [0, 0.05) is 0 Å². The van der Waals surface area contributed by atoms with Gasteiger partial charge in [0.1, 0.15) is 0 Å². The van der Waals surface area contributed by atoms with Crippen LogP contribution in [0.15, 0.2) is 42.5 Å². The Hall–Kier alpha value is -2.09. The highest BCUT2D eigenvalue weighted by atomic mass is 19.1. The number of rotatable bonds is 3. The molecule has 108 valence electrons. The van der Waals surface area contributed by atoms with Gasteiger partial charge >= 0.3 is 0 Å². The molecule has 2 aromatic rings. The number of halogens is 1. The molecule has 3 rings (SSSR count). The Bertz CT molecular complexity index is 683. The molecule has 0 amide bonds. The molecule has 0 atom stereocenters. The molecule has 0 heterocycles. The van der Waals surface area contributed by atoms with Crippen LogP contribution in [-0.2, 0) is 0 Å². The predicted molar refractivity (Wildman–Crippen MR) is 84.8 cm³/mol. The van der Waals surface area contributed by atoms with E-state index in [1.807, 2.05) is 6.07 Å². The van der Waals surface area contributed by atoms with Crippen molar-refractivity contribution in [2.45, 2.75) is 26.2 Å². The fraction of sp³-hybridized carbons (Fsp3) is 0.263. The van der Waals surface area contributed by atoms with Crippen molar-refractivity contribution in [2.24, 2.45) is 0 Å². The lowest BCUT2D eigenvalue weighted by Gasteiger charge is -2.10. The molecule has 0 saturated carbocycles. The first-order chi connectivity index (χ1) is 10.2. The topological polar surface area (TPSA) is 9.23 Å². The normalized spacial score (nSPS) is 14.6. The van der Waals surface area contributed by atoms with Gasteiger partial charge in [0.2, 0.25) is 0 Å². The van der Waals surface area contributed by atoms with Crippen molar-refractivity contribution in [1.29, 1.82) is 0 Å². The summed E-state index contributed by atoms with van der Waals surface area (Å²) in [6.07, 6.45) is 3.20. The second kappa shape index (κ2) is 5.72. The van der Waals surface area contributed by atoms with Gasteiger partial charge in [-0.15, -0.1) is 0 Å². The van der Waals surface area contributed by atoms with Gasteiger partial charge in [-0.25, -0.2) is 4.39 Å². The molecule has 0 unspecified atom stereocenters. The Morgan fingerprint density at radius 1 is 0.905 bits per heavy atom. The predicted octanol–water partition coefficient (Wildman–Crippen LogP) is 5.24. The summed E-state index contributed by atoms with van der Waals surface area (Å²) in [7, 11) is 1.49. The zero-order chi connectivity index (χ0) is 14.8. The monoisotopic (exact) mass is 282 g/mol. The third-order valence-corrected chi connectivity index (χ3v) is 4.12. The van der Waals surface area contributed by atoms with Gasteiger partial charge in [0.15, 0.2) is 11.6 Å². The maximum absolute atomic E-state index is 13.9. The van der Waals surface area contributed by atoms with E-state index in [2.05, 4.69) is 31.2 Å². The van der Waals surface area contributed by atoms with Gasteiger partial charge in [-0.1, -0.05) is 35.9 Å². The molecule has 2 heteroatoms. The first-order valence-corrected chi connectivity index (χ1v) is 7.32. The zero-order valence-corrected chi connectivity index (χ0v) is 12.4. The maximum atomic E-state index is 13.9. The highest BCUT2D eigenvalue weighted by Crippen LogP contribution is 2.40. The number of aryl methyl sites for hydroxylation is 1. The van der Waals surface area contributed by atoms with Crippen LogP contribution in [0.5, 0.6) is 5.75 Å². The van der Waals surface area contributed by atoms with Crippen LogP contribution in [-0.4, -0.2) is 7.11 Å². The minimum absolute atomic E-state index is 0.294. The molecule has 1 nitrogen and oxygen atoms in total. The van der Waals surface area contributed by atoms with E-state index >= 15 is 0 Å². The van der Waals surface area contributed by atoms with Crippen LogP contribution in [0, 0.1) is 12.7 Å². The SMILES string of the molecule is COc1ccc(C2=C(c3ccc(C)cc3)CCC2)cc1F. The fourth-order valence-electron chi connectivity index (χ4n) is 2.99. The Labute approximate surface area is 125 Å². The van der Waals surface area contributed by atoms with Gasteiger partial charge in [-0.2, -0.15) is 0 Å². The van der Waals surface area contributed by atoms with Crippen LogP contribution < -0.4 is 4.74 Å². The molecule has 0 fully saturated rings. The number of hydrogen-bond donors (Lipinski definition) is 0. The van der Waals surface area contributed by atoms with E-state index in [1.54, 1.807) is 12.1 Å². The van der Waals surface area contributed by atoms with Crippen LogP contribution in [0.25, 0.3) is 11.1 Å². The van der Waals surface area contributed by atoms with Gasteiger partial charge in [-0.3, -0.25) is 0 Å². The molecule has 0 saturated heterocycles. The molecular formula is C19H19FO. The number of benzene rings is 2. The van der Waals surface area contributed by atoms with Gasteiger partial charge in [0.25, 0.3) is 0 Å². The van der Waals surface area contributed by atoms with Crippen LogP contribution in [0.3, 0.4) is 0 Å². The summed E-state index contributed by atoms with van der Waals surface area (Å²) >= 11 is 0. The lowest BCUT2D eigenvalue weighted by molar-refractivity contribution is 0.386. The molecule has 0 spiro atoms. The highest BCUT2D eigenvalue weighted by Gasteiger charge is 2.18. The molecule has 0 bridgehead atoms. The summed E-state index contributed by atoms with van der Waals surface area (Å²) in [5, 5.41) is 0. The third kappa shape index (κ3) is 2.71. The number of hydrogen-bond acceptors (Lipinski definition) is 1. The number of ether oxygens (including phenoxy) is 1. The van der Waals surface area contributed by atoms with E-state index in [1.165, 1.54) is 29.4 Å². The minimum Gasteiger partial charge on any atom is -0.494 e. The first-order valence-electron chi connectivity index (χ1n) is 7.32. The first kappa shape index (κ1) is 13.9. The Morgan fingerprint density at radius 2 is 1.52 bits per heavy atom. The van der Waals surface area contributed by atoms with Crippen LogP contribution in [0.2, 0.25) is 0 Å². The second-order valence-corrected chi connectivity index (χ2v) is 5.53. The molecule has 0 aromatic heterocycles. The quantitative estimate of drug-likeness (QED) is 0.748. The van der Waals surface area contributed by atoms with Crippen molar-refractivity contribution in [1.82, 2.24) is 0 Å². The van der Waals surface area contributed by atoms with Crippen molar-refractivity contribution < 1.29 is 9.13 Å². The average Bonchev–Trinajstić information content (AvgIpc) is 2.97. The van der Waals surface area contributed by atoms with Gasteiger partial charge in [-0.05, 0) is 60.6 Å². The molecule has 0 radical (unpaired) electrons. The third-order valence-electron chi connectivity index (χ3n) is 4.12. The summed E-state index contributed by atoms with van der Waals surface area (Å²) in [4.78, 5) is 0. The minimum atomic E-state index is -0.294.